The number of aromatic nitrogens is 6. The average Bonchev–Trinajstić information content (AvgIpc) is 3.70. The molecule has 42 heavy (non-hydrogen) atoms. The molecule has 4 aromatic rings. The van der Waals surface area contributed by atoms with E-state index in [0.717, 1.165) is 19.3 Å². The largest absolute Gasteiger partial charge is 0.453 e. The number of benzene rings is 2. The highest BCUT2D eigenvalue weighted by Gasteiger charge is 2.21. The summed E-state index contributed by atoms with van der Waals surface area (Å²) in [6, 6.07) is 9.79. The minimum atomic E-state index is -0.640. The predicted octanol–water partition coefficient (Wildman–Crippen LogP) is 4.06. The van der Waals surface area contributed by atoms with E-state index in [0.29, 0.717) is 57.6 Å². The van der Waals surface area contributed by atoms with Crippen molar-refractivity contribution in [3.63, 3.8) is 0 Å². The number of carbonyl (C=O) groups is 3. The van der Waals surface area contributed by atoms with Gasteiger partial charge in [-0.1, -0.05) is 24.4 Å². The minimum absolute atomic E-state index is 0.272. The van der Waals surface area contributed by atoms with Crippen LogP contribution in [0.3, 0.4) is 0 Å². The molecule has 0 spiro atoms. The van der Waals surface area contributed by atoms with Crippen molar-refractivity contribution >= 4 is 41.3 Å². The number of amides is 3. The number of halogens is 1. The zero-order chi connectivity index (χ0) is 29.5. The normalized spacial score (nSPS) is 15.5. The van der Waals surface area contributed by atoms with E-state index in [9.17, 15) is 14.4 Å². The lowest BCUT2D eigenvalue weighted by atomic mass is 10.0. The number of H-pyrrole nitrogens is 1. The van der Waals surface area contributed by atoms with Gasteiger partial charge >= 0.3 is 6.09 Å². The van der Waals surface area contributed by atoms with Crippen LogP contribution in [0.2, 0.25) is 5.02 Å². The second-order valence-electron chi connectivity index (χ2n) is 9.52. The van der Waals surface area contributed by atoms with Crippen molar-refractivity contribution in [3.8, 4) is 16.9 Å². The highest BCUT2D eigenvalue weighted by molar-refractivity contribution is 6.30. The number of carbonyl (C=O) groups excluding carboxylic acids is 3. The Bertz CT molecular complexity index is 1620. The number of aromatic amines is 1. The third-order valence-corrected chi connectivity index (χ3v) is 6.92. The first-order valence-electron chi connectivity index (χ1n) is 13.3. The molecule has 4 N–H and O–H groups in total. The summed E-state index contributed by atoms with van der Waals surface area (Å²) in [7, 11) is 1.27. The molecule has 1 aliphatic heterocycles. The highest BCUT2D eigenvalue weighted by Crippen LogP contribution is 2.28. The Kier molecular flexibility index (Phi) is 8.87. The van der Waals surface area contributed by atoms with Gasteiger partial charge in [-0.3, -0.25) is 14.9 Å². The molecular weight excluding hydrogens is 562 g/mol. The fraction of sp³-hybridized carbons (Fsp3) is 0.250. The van der Waals surface area contributed by atoms with E-state index in [4.69, 9.17) is 11.6 Å². The topological polar surface area (TPSA) is 169 Å². The van der Waals surface area contributed by atoms with E-state index in [1.54, 1.807) is 48.7 Å². The number of anilines is 1. The van der Waals surface area contributed by atoms with Crippen molar-refractivity contribution < 1.29 is 19.1 Å². The Morgan fingerprint density at radius 2 is 2.02 bits per heavy atom. The summed E-state index contributed by atoms with van der Waals surface area (Å²) in [6.45, 7) is 0.489. The zero-order valence-corrected chi connectivity index (χ0v) is 23.4. The molecule has 1 aliphatic rings. The maximum atomic E-state index is 13.1. The first-order chi connectivity index (χ1) is 20.4. The summed E-state index contributed by atoms with van der Waals surface area (Å²) < 4.78 is 6.15. The van der Waals surface area contributed by atoms with Crippen LogP contribution in [0.1, 0.15) is 53.5 Å². The summed E-state index contributed by atoms with van der Waals surface area (Å²) in [5.41, 5.74) is 3.30. The number of rotatable bonds is 5. The van der Waals surface area contributed by atoms with Gasteiger partial charge in [0.05, 0.1) is 36.3 Å². The third kappa shape index (κ3) is 6.81. The fourth-order valence-electron chi connectivity index (χ4n) is 4.61. The van der Waals surface area contributed by atoms with Gasteiger partial charge in [0, 0.05) is 34.5 Å². The molecule has 2 aromatic heterocycles. The van der Waals surface area contributed by atoms with Crippen molar-refractivity contribution in [2.24, 2.45) is 0 Å². The van der Waals surface area contributed by atoms with Crippen molar-refractivity contribution in [2.45, 2.75) is 31.7 Å². The second-order valence-corrected chi connectivity index (χ2v) is 9.95. The molecular formula is C28H28ClN9O4. The van der Waals surface area contributed by atoms with Gasteiger partial charge in [0.15, 0.2) is 0 Å². The molecule has 3 amide bonds. The number of nitrogens with zero attached hydrogens (tertiary/aromatic N) is 5. The molecule has 14 heteroatoms. The van der Waals surface area contributed by atoms with Crippen LogP contribution >= 0.6 is 11.6 Å². The molecule has 1 atom stereocenters. The van der Waals surface area contributed by atoms with E-state index in [-0.39, 0.29) is 11.8 Å². The molecule has 2 aromatic carbocycles. The number of hydrogen-bond donors (Lipinski definition) is 4. The summed E-state index contributed by atoms with van der Waals surface area (Å²) in [6.07, 6.45) is 8.57. The van der Waals surface area contributed by atoms with Gasteiger partial charge in [0.2, 0.25) is 5.91 Å². The van der Waals surface area contributed by atoms with Crippen molar-refractivity contribution in [1.29, 1.82) is 0 Å². The number of methoxy groups -OCH3 is 1. The number of ether oxygens (including phenoxy) is 1. The standard InChI is InChI=1S/C28H28ClN9O4/c1-42-28(41)33-19-8-9-20-21(14-19)27(40)30-12-4-2-3-5-22(26-31-15-23(20)35-26)34-25(39)11-6-17-13-18(29)7-10-24(17)38-16-32-36-37-38/h6-11,13-16,22H,2-5,12H2,1H3,(H,30,40)(H,31,35)(H,33,41)(H,34,39). The number of nitrogens with one attached hydrogen (secondary N) is 4. The maximum Gasteiger partial charge on any atom is 0.411 e. The van der Waals surface area contributed by atoms with Crippen LogP contribution in [0.15, 0.2) is 55.0 Å². The van der Waals surface area contributed by atoms with Gasteiger partial charge in [-0.05, 0) is 65.7 Å². The van der Waals surface area contributed by atoms with Gasteiger partial charge in [-0.2, -0.15) is 4.68 Å². The smallest absolute Gasteiger partial charge is 0.411 e. The van der Waals surface area contributed by atoms with E-state index in [1.807, 2.05) is 0 Å². The number of fused-ring (bicyclic) bond motifs is 4. The molecule has 0 fully saturated rings. The van der Waals surface area contributed by atoms with Crippen LogP contribution in [0.5, 0.6) is 0 Å². The Labute approximate surface area is 245 Å². The summed E-state index contributed by atoms with van der Waals surface area (Å²) in [4.78, 5) is 45.7. The summed E-state index contributed by atoms with van der Waals surface area (Å²) >= 11 is 6.20. The van der Waals surface area contributed by atoms with Gasteiger partial charge in [-0.15, -0.1) is 5.10 Å². The SMILES string of the molecule is COC(=O)Nc1ccc2c(c1)C(=O)NCCCCCC(NC(=O)C=Cc1cc(Cl)ccc1-n1cnnn1)c1ncc-2[nH]1. The first-order valence-corrected chi connectivity index (χ1v) is 13.6. The predicted molar refractivity (Wildman–Crippen MR) is 155 cm³/mol. The van der Waals surface area contributed by atoms with Crippen LogP contribution in [0, 0.1) is 0 Å². The number of tetrazole rings is 1. The Hall–Kier alpha value is -5.04. The Morgan fingerprint density at radius 1 is 1.14 bits per heavy atom. The molecule has 2 bridgehead atoms. The summed E-state index contributed by atoms with van der Waals surface area (Å²) in [5, 5.41) is 20.3. The molecule has 0 radical (unpaired) electrons. The van der Waals surface area contributed by atoms with Crippen LogP contribution in [0.4, 0.5) is 10.5 Å². The van der Waals surface area contributed by atoms with Crippen LogP contribution < -0.4 is 16.0 Å². The zero-order valence-electron chi connectivity index (χ0n) is 22.6. The molecule has 5 rings (SSSR count). The summed E-state index contributed by atoms with van der Waals surface area (Å²) in [5.74, 6) is -0.0297. The molecule has 0 saturated carbocycles. The lowest BCUT2D eigenvalue weighted by Crippen LogP contribution is -2.28. The fourth-order valence-corrected chi connectivity index (χ4v) is 4.79. The number of hydrogen-bond acceptors (Lipinski definition) is 8. The van der Waals surface area contributed by atoms with Crippen LogP contribution in [0.25, 0.3) is 23.0 Å². The Morgan fingerprint density at radius 3 is 2.83 bits per heavy atom. The van der Waals surface area contributed by atoms with Crippen molar-refractivity contribution in [2.75, 3.05) is 19.0 Å². The molecule has 0 aliphatic carbocycles. The molecule has 0 saturated heterocycles. The molecule has 1 unspecified atom stereocenters. The van der Waals surface area contributed by atoms with Crippen LogP contribution in [-0.2, 0) is 9.53 Å². The first kappa shape index (κ1) is 28.5. The molecule has 3 heterocycles. The third-order valence-electron chi connectivity index (χ3n) is 6.68. The lowest BCUT2D eigenvalue weighted by Gasteiger charge is -2.16. The van der Waals surface area contributed by atoms with Crippen molar-refractivity contribution in [3.05, 3.63) is 77.0 Å². The number of imidazole rings is 1. The molecule has 13 nitrogen and oxygen atoms in total. The van der Waals surface area contributed by atoms with Crippen LogP contribution in [-0.4, -0.2) is 61.7 Å². The molecule has 216 valence electrons. The van der Waals surface area contributed by atoms with Gasteiger partial charge in [0.1, 0.15) is 12.2 Å². The van der Waals surface area contributed by atoms with E-state index < -0.39 is 12.1 Å². The maximum absolute atomic E-state index is 13.1. The lowest BCUT2D eigenvalue weighted by molar-refractivity contribution is -0.117. The monoisotopic (exact) mass is 589 g/mol. The van der Waals surface area contributed by atoms with E-state index in [1.165, 1.54) is 24.2 Å². The minimum Gasteiger partial charge on any atom is -0.453 e. The van der Waals surface area contributed by atoms with E-state index >= 15 is 0 Å². The Balaban J connectivity index is 1.39. The quantitative estimate of drug-likeness (QED) is 0.253. The van der Waals surface area contributed by atoms with Crippen molar-refractivity contribution in [1.82, 2.24) is 40.8 Å². The van der Waals surface area contributed by atoms with Gasteiger partial charge in [-0.25, -0.2) is 9.78 Å². The second kappa shape index (κ2) is 13.1. The highest BCUT2D eigenvalue weighted by atomic mass is 35.5. The van der Waals surface area contributed by atoms with E-state index in [2.05, 4.69) is 46.2 Å². The van der Waals surface area contributed by atoms with Gasteiger partial charge in [0.25, 0.3) is 5.91 Å². The van der Waals surface area contributed by atoms with Gasteiger partial charge < -0.3 is 20.4 Å². The average molecular weight is 590 g/mol.